The molecule has 4 nitrogen and oxygen atoms in total. The fraction of sp³-hybridized carbons (Fsp3) is 0.0667. The summed E-state index contributed by atoms with van der Waals surface area (Å²) in [6.45, 7) is 0. The number of carbonyl (C=O) groups is 1. The predicted octanol–water partition coefficient (Wildman–Crippen LogP) is 3.07. The number of nitrogens with two attached hydrogens (primary N) is 1. The van der Waals surface area contributed by atoms with Crippen molar-refractivity contribution < 1.29 is 4.79 Å². The van der Waals surface area contributed by atoms with E-state index in [9.17, 15) is 4.79 Å². The molecule has 0 heterocycles. The highest BCUT2D eigenvalue weighted by molar-refractivity contribution is 6.36. The van der Waals surface area contributed by atoms with Crippen molar-refractivity contribution >= 4 is 28.9 Å². The number of hydrogen-bond acceptors (Lipinski definition) is 3. The van der Waals surface area contributed by atoms with Crippen LogP contribution in [0.5, 0.6) is 0 Å². The summed E-state index contributed by atoms with van der Waals surface area (Å²) in [5.74, 6) is -0.315. The number of nitriles is 1. The van der Waals surface area contributed by atoms with E-state index in [1.807, 2.05) is 0 Å². The Hall–Kier alpha value is -2.51. The van der Waals surface area contributed by atoms with Crippen LogP contribution in [0.25, 0.3) is 0 Å². The van der Waals surface area contributed by atoms with E-state index in [0.29, 0.717) is 22.5 Å². The molecule has 0 saturated heterocycles. The third-order valence-corrected chi connectivity index (χ3v) is 3.37. The number of benzene rings is 2. The van der Waals surface area contributed by atoms with Crippen molar-refractivity contribution in [2.45, 2.75) is 0 Å². The first-order valence-corrected chi connectivity index (χ1v) is 6.25. The molecular formula is C15H12ClN3O. The molecule has 0 spiro atoms. The van der Waals surface area contributed by atoms with Crippen LogP contribution in [0.15, 0.2) is 42.5 Å². The lowest BCUT2D eigenvalue weighted by Crippen LogP contribution is -2.27. The first-order chi connectivity index (χ1) is 9.56. The highest BCUT2D eigenvalue weighted by Gasteiger charge is 2.19. The maximum atomic E-state index is 12.5. The number of hydrogen-bond donors (Lipinski definition) is 1. The molecule has 0 aliphatic heterocycles. The lowest BCUT2D eigenvalue weighted by molar-refractivity contribution is 0.0993. The van der Waals surface area contributed by atoms with Crippen molar-refractivity contribution in [3.63, 3.8) is 0 Å². The van der Waals surface area contributed by atoms with Gasteiger partial charge in [-0.15, -0.1) is 0 Å². The third kappa shape index (κ3) is 2.44. The van der Waals surface area contributed by atoms with Crippen LogP contribution in [0.3, 0.4) is 0 Å². The van der Waals surface area contributed by atoms with E-state index < -0.39 is 0 Å². The molecule has 0 bridgehead atoms. The lowest BCUT2D eigenvalue weighted by Gasteiger charge is -2.19. The summed E-state index contributed by atoms with van der Waals surface area (Å²) in [5.41, 5.74) is 7.30. The molecule has 0 atom stereocenters. The van der Waals surface area contributed by atoms with Gasteiger partial charge in [-0.1, -0.05) is 29.8 Å². The minimum Gasteiger partial charge on any atom is -0.398 e. The largest absolute Gasteiger partial charge is 0.398 e. The van der Waals surface area contributed by atoms with E-state index >= 15 is 0 Å². The van der Waals surface area contributed by atoms with Crippen molar-refractivity contribution in [3.05, 3.63) is 58.6 Å². The van der Waals surface area contributed by atoms with Crippen molar-refractivity contribution in [3.8, 4) is 6.07 Å². The molecule has 0 radical (unpaired) electrons. The first-order valence-electron chi connectivity index (χ1n) is 5.87. The van der Waals surface area contributed by atoms with Crippen LogP contribution < -0.4 is 10.6 Å². The number of halogens is 1. The fourth-order valence-corrected chi connectivity index (χ4v) is 2.07. The minimum atomic E-state index is -0.315. The van der Waals surface area contributed by atoms with Crippen LogP contribution in [0.1, 0.15) is 15.9 Å². The summed E-state index contributed by atoms with van der Waals surface area (Å²) in [6.07, 6.45) is 0. The molecule has 5 heteroatoms. The Balaban J connectivity index is 2.44. The quantitative estimate of drug-likeness (QED) is 0.862. The monoisotopic (exact) mass is 285 g/mol. The van der Waals surface area contributed by atoms with Gasteiger partial charge >= 0.3 is 0 Å². The summed E-state index contributed by atoms with van der Waals surface area (Å²) < 4.78 is 0. The molecule has 2 aromatic rings. The van der Waals surface area contributed by atoms with Gasteiger partial charge in [0, 0.05) is 7.05 Å². The van der Waals surface area contributed by atoms with Gasteiger partial charge in [-0.25, -0.2) is 0 Å². The van der Waals surface area contributed by atoms with Crippen molar-refractivity contribution in [1.82, 2.24) is 0 Å². The van der Waals surface area contributed by atoms with Crippen molar-refractivity contribution in [2.24, 2.45) is 0 Å². The summed E-state index contributed by atoms with van der Waals surface area (Å²) in [5, 5.41) is 9.31. The Labute approximate surface area is 122 Å². The smallest absolute Gasteiger partial charge is 0.259 e. The Kier molecular flexibility index (Phi) is 3.92. The Morgan fingerprint density at radius 1 is 1.25 bits per heavy atom. The van der Waals surface area contributed by atoms with Gasteiger partial charge < -0.3 is 10.6 Å². The molecule has 100 valence electrons. The second kappa shape index (κ2) is 5.64. The number of nitrogen functional groups attached to an aromatic ring is 1. The molecule has 0 unspecified atom stereocenters. The number of anilines is 2. The van der Waals surface area contributed by atoms with E-state index in [2.05, 4.69) is 6.07 Å². The normalized spacial score (nSPS) is 9.85. The van der Waals surface area contributed by atoms with E-state index in [0.717, 1.165) is 0 Å². The van der Waals surface area contributed by atoms with Crippen LogP contribution in [0.4, 0.5) is 11.4 Å². The Morgan fingerprint density at radius 3 is 2.65 bits per heavy atom. The number of para-hydroxylation sites is 1. The molecule has 0 aliphatic rings. The second-order valence-electron chi connectivity index (χ2n) is 4.20. The average molecular weight is 286 g/mol. The zero-order valence-electron chi connectivity index (χ0n) is 10.8. The average Bonchev–Trinajstić information content (AvgIpc) is 2.48. The van der Waals surface area contributed by atoms with Gasteiger partial charge in [-0.05, 0) is 24.3 Å². The van der Waals surface area contributed by atoms with Gasteiger partial charge in [0.25, 0.3) is 5.91 Å². The van der Waals surface area contributed by atoms with Crippen LogP contribution in [0, 0.1) is 11.3 Å². The van der Waals surface area contributed by atoms with E-state index in [-0.39, 0.29) is 10.9 Å². The molecular weight excluding hydrogens is 274 g/mol. The molecule has 2 N–H and O–H groups in total. The van der Waals surface area contributed by atoms with Gasteiger partial charge in [0.15, 0.2) is 0 Å². The fourth-order valence-electron chi connectivity index (χ4n) is 1.87. The Morgan fingerprint density at radius 2 is 1.95 bits per heavy atom. The van der Waals surface area contributed by atoms with Gasteiger partial charge in [0.2, 0.25) is 0 Å². The second-order valence-corrected chi connectivity index (χ2v) is 4.58. The van der Waals surface area contributed by atoms with Gasteiger partial charge in [0.05, 0.1) is 27.5 Å². The lowest BCUT2D eigenvalue weighted by atomic mass is 10.1. The molecule has 0 fully saturated rings. The topological polar surface area (TPSA) is 70.1 Å². The standard InChI is InChI=1S/C15H12ClN3O/c1-19(13-8-3-2-5-10(13)9-17)15(20)11-6-4-7-12(18)14(11)16/h2-8H,18H2,1H3. The molecule has 0 aromatic heterocycles. The maximum absolute atomic E-state index is 12.5. The molecule has 20 heavy (non-hydrogen) atoms. The van der Waals surface area contributed by atoms with Gasteiger partial charge in [-0.3, -0.25) is 4.79 Å². The summed E-state index contributed by atoms with van der Waals surface area (Å²) in [4.78, 5) is 13.9. The number of amides is 1. The van der Waals surface area contributed by atoms with E-state index in [1.54, 1.807) is 49.5 Å². The van der Waals surface area contributed by atoms with Crippen LogP contribution in [-0.2, 0) is 0 Å². The predicted molar refractivity (Wildman–Crippen MR) is 79.8 cm³/mol. The summed E-state index contributed by atoms with van der Waals surface area (Å²) in [6, 6.07) is 13.8. The number of rotatable bonds is 2. The van der Waals surface area contributed by atoms with Gasteiger partial charge in [-0.2, -0.15) is 5.26 Å². The summed E-state index contributed by atoms with van der Waals surface area (Å²) in [7, 11) is 1.60. The SMILES string of the molecule is CN(C(=O)c1cccc(N)c1Cl)c1ccccc1C#N. The number of carbonyl (C=O) groups excluding carboxylic acids is 1. The van der Waals surface area contributed by atoms with Crippen molar-refractivity contribution in [1.29, 1.82) is 5.26 Å². The Bertz CT molecular complexity index is 707. The molecule has 2 rings (SSSR count). The molecule has 0 saturated carbocycles. The van der Waals surface area contributed by atoms with Crippen LogP contribution >= 0.6 is 11.6 Å². The number of nitrogens with zero attached hydrogens (tertiary/aromatic N) is 2. The van der Waals surface area contributed by atoms with Crippen LogP contribution in [0.2, 0.25) is 5.02 Å². The highest BCUT2D eigenvalue weighted by atomic mass is 35.5. The first kappa shape index (κ1) is 13.9. The van der Waals surface area contributed by atoms with Crippen molar-refractivity contribution in [2.75, 3.05) is 17.7 Å². The molecule has 0 aliphatic carbocycles. The van der Waals surface area contributed by atoms with Gasteiger partial charge in [0.1, 0.15) is 6.07 Å². The summed E-state index contributed by atoms with van der Waals surface area (Å²) >= 11 is 6.06. The minimum absolute atomic E-state index is 0.221. The third-order valence-electron chi connectivity index (χ3n) is 2.95. The zero-order valence-corrected chi connectivity index (χ0v) is 11.6. The zero-order chi connectivity index (χ0) is 14.7. The molecule has 1 amide bonds. The van der Waals surface area contributed by atoms with E-state index in [1.165, 1.54) is 4.90 Å². The highest BCUT2D eigenvalue weighted by Crippen LogP contribution is 2.26. The van der Waals surface area contributed by atoms with Crippen LogP contribution in [-0.4, -0.2) is 13.0 Å². The van der Waals surface area contributed by atoms with E-state index in [4.69, 9.17) is 22.6 Å². The molecule has 2 aromatic carbocycles. The maximum Gasteiger partial charge on any atom is 0.259 e.